The van der Waals surface area contributed by atoms with Crippen LogP contribution in [-0.4, -0.2) is 24.5 Å². The van der Waals surface area contributed by atoms with Gasteiger partial charge in [-0.15, -0.1) is 0 Å². The van der Waals surface area contributed by atoms with E-state index in [2.05, 4.69) is 9.71 Å². The van der Waals surface area contributed by atoms with Crippen molar-refractivity contribution < 1.29 is 22.7 Å². The number of hydrogen-bond donors (Lipinski definition) is 2. The van der Waals surface area contributed by atoms with Crippen molar-refractivity contribution in [2.45, 2.75) is 5.09 Å². The molecular weight excluding hydrogens is 260 g/mol. The lowest BCUT2D eigenvalue weighted by atomic mass is 10.5. The first-order valence-corrected chi connectivity index (χ1v) is 6.24. The van der Waals surface area contributed by atoms with E-state index in [1.54, 1.807) is 12.1 Å². The Bertz CT molecular complexity index is 663. The minimum Gasteiger partial charge on any atom is -0.475 e. The number of carboxylic acids is 1. The highest BCUT2D eigenvalue weighted by Crippen LogP contribution is 2.17. The number of nitrogens with zero attached hydrogens (tertiary/aromatic N) is 1. The second-order valence-electron chi connectivity index (χ2n) is 3.24. The van der Waals surface area contributed by atoms with Crippen LogP contribution in [0, 0.1) is 0 Å². The van der Waals surface area contributed by atoms with Crippen LogP contribution in [0.1, 0.15) is 10.6 Å². The van der Waals surface area contributed by atoms with Gasteiger partial charge in [0.2, 0.25) is 10.9 Å². The van der Waals surface area contributed by atoms with Crippen LogP contribution in [0.4, 0.5) is 5.82 Å². The molecule has 2 aromatic heterocycles. The van der Waals surface area contributed by atoms with Gasteiger partial charge in [0.15, 0.2) is 0 Å². The van der Waals surface area contributed by atoms with E-state index in [-0.39, 0.29) is 5.82 Å². The number of aromatic carboxylic acids is 1. The quantitative estimate of drug-likeness (QED) is 0.861. The van der Waals surface area contributed by atoms with Crippen molar-refractivity contribution in [2.75, 3.05) is 4.72 Å². The van der Waals surface area contributed by atoms with Gasteiger partial charge in [-0.05, 0) is 24.3 Å². The molecule has 2 N–H and O–H groups in total. The monoisotopic (exact) mass is 268 g/mol. The highest BCUT2D eigenvalue weighted by molar-refractivity contribution is 7.92. The van der Waals surface area contributed by atoms with Gasteiger partial charge < -0.3 is 9.52 Å². The van der Waals surface area contributed by atoms with Crippen molar-refractivity contribution >= 4 is 21.8 Å². The van der Waals surface area contributed by atoms with Gasteiger partial charge in [0.1, 0.15) is 5.82 Å². The molecule has 2 heterocycles. The Kier molecular flexibility index (Phi) is 3.02. The molecule has 0 saturated carbocycles. The SMILES string of the molecule is O=C(O)c1ccc(S(=O)(=O)Nc2ccccn2)o1. The molecule has 0 amide bonds. The topological polar surface area (TPSA) is 110 Å². The Labute approximate surface area is 102 Å². The number of anilines is 1. The average Bonchev–Trinajstić information content (AvgIpc) is 2.79. The number of nitrogens with one attached hydrogen (secondary N) is 1. The summed E-state index contributed by atoms with van der Waals surface area (Å²) in [6.45, 7) is 0. The van der Waals surface area contributed by atoms with Crippen LogP contribution < -0.4 is 4.72 Å². The maximum absolute atomic E-state index is 11.8. The van der Waals surface area contributed by atoms with Gasteiger partial charge in [0.05, 0.1) is 0 Å². The zero-order valence-electron chi connectivity index (χ0n) is 8.90. The van der Waals surface area contributed by atoms with E-state index in [1.165, 1.54) is 12.3 Å². The smallest absolute Gasteiger partial charge is 0.371 e. The Morgan fingerprint density at radius 1 is 1.28 bits per heavy atom. The Morgan fingerprint density at radius 3 is 2.61 bits per heavy atom. The molecule has 7 nitrogen and oxygen atoms in total. The van der Waals surface area contributed by atoms with Gasteiger partial charge in [-0.25, -0.2) is 9.78 Å². The first-order valence-electron chi connectivity index (χ1n) is 4.76. The zero-order valence-corrected chi connectivity index (χ0v) is 9.72. The molecule has 18 heavy (non-hydrogen) atoms. The summed E-state index contributed by atoms with van der Waals surface area (Å²) in [6, 6.07) is 6.82. The van der Waals surface area contributed by atoms with Crippen molar-refractivity contribution in [3.63, 3.8) is 0 Å². The molecule has 0 aliphatic heterocycles. The number of hydrogen-bond acceptors (Lipinski definition) is 5. The molecule has 0 radical (unpaired) electrons. The van der Waals surface area contributed by atoms with E-state index in [1.807, 2.05) is 0 Å². The molecule has 0 bridgehead atoms. The average molecular weight is 268 g/mol. The Hall–Kier alpha value is -2.35. The molecule has 0 aromatic carbocycles. The van der Waals surface area contributed by atoms with Crippen molar-refractivity contribution in [1.29, 1.82) is 0 Å². The first-order chi connectivity index (χ1) is 8.49. The third-order valence-electron chi connectivity index (χ3n) is 1.96. The largest absolute Gasteiger partial charge is 0.475 e. The normalized spacial score (nSPS) is 11.1. The molecule has 0 fully saturated rings. The minimum absolute atomic E-state index is 0.116. The standard InChI is InChI=1S/C10H8N2O5S/c13-10(14)7-4-5-9(17-7)18(15,16)12-8-3-1-2-6-11-8/h1-6H,(H,11,12)(H,13,14). The summed E-state index contributed by atoms with van der Waals surface area (Å²) in [5, 5.41) is 8.15. The summed E-state index contributed by atoms with van der Waals surface area (Å²) in [6.07, 6.45) is 1.42. The molecule has 0 saturated heterocycles. The van der Waals surface area contributed by atoms with E-state index in [0.717, 1.165) is 12.1 Å². The number of carboxylic acid groups (broad SMARTS) is 1. The number of furan rings is 1. The third-order valence-corrected chi connectivity index (χ3v) is 3.19. The molecule has 0 aliphatic carbocycles. The number of rotatable bonds is 4. The van der Waals surface area contributed by atoms with E-state index in [4.69, 9.17) is 9.52 Å². The van der Waals surface area contributed by atoms with Crippen molar-refractivity contribution in [3.8, 4) is 0 Å². The zero-order chi connectivity index (χ0) is 13.2. The molecule has 0 atom stereocenters. The fourth-order valence-corrected chi connectivity index (χ4v) is 2.13. The van der Waals surface area contributed by atoms with Crippen LogP contribution in [0.25, 0.3) is 0 Å². The first kappa shape index (κ1) is 12.1. The van der Waals surface area contributed by atoms with Crippen molar-refractivity contribution in [2.24, 2.45) is 0 Å². The fourth-order valence-electron chi connectivity index (χ4n) is 1.19. The van der Waals surface area contributed by atoms with Crippen LogP contribution in [0.2, 0.25) is 0 Å². The minimum atomic E-state index is -3.97. The lowest BCUT2D eigenvalue weighted by Crippen LogP contribution is -2.13. The van der Waals surface area contributed by atoms with E-state index in [9.17, 15) is 13.2 Å². The highest BCUT2D eigenvalue weighted by Gasteiger charge is 2.21. The highest BCUT2D eigenvalue weighted by atomic mass is 32.2. The van der Waals surface area contributed by atoms with Gasteiger partial charge in [-0.1, -0.05) is 6.07 Å². The number of carbonyl (C=O) groups is 1. The van der Waals surface area contributed by atoms with E-state index < -0.39 is 26.8 Å². The van der Waals surface area contributed by atoms with Crippen LogP contribution >= 0.6 is 0 Å². The molecule has 0 unspecified atom stereocenters. The van der Waals surface area contributed by atoms with Gasteiger partial charge >= 0.3 is 5.97 Å². The molecule has 2 rings (SSSR count). The lowest BCUT2D eigenvalue weighted by molar-refractivity contribution is 0.0656. The van der Waals surface area contributed by atoms with Crippen LogP contribution in [0.5, 0.6) is 0 Å². The Morgan fingerprint density at radius 2 is 2.06 bits per heavy atom. The third kappa shape index (κ3) is 2.48. The second-order valence-corrected chi connectivity index (χ2v) is 4.86. The summed E-state index contributed by atoms with van der Waals surface area (Å²) >= 11 is 0. The van der Waals surface area contributed by atoms with E-state index >= 15 is 0 Å². The summed E-state index contributed by atoms with van der Waals surface area (Å²) in [4.78, 5) is 14.4. The molecular formula is C10H8N2O5S. The summed E-state index contributed by atoms with van der Waals surface area (Å²) < 4.78 is 30.5. The molecule has 2 aromatic rings. The van der Waals surface area contributed by atoms with Crippen LogP contribution in [-0.2, 0) is 10.0 Å². The van der Waals surface area contributed by atoms with Crippen molar-refractivity contribution in [3.05, 3.63) is 42.3 Å². The maximum atomic E-state index is 11.8. The lowest BCUT2D eigenvalue weighted by Gasteiger charge is -2.03. The number of aromatic nitrogens is 1. The van der Waals surface area contributed by atoms with Gasteiger partial charge in [0.25, 0.3) is 10.0 Å². The fraction of sp³-hybridized carbons (Fsp3) is 0. The van der Waals surface area contributed by atoms with Crippen LogP contribution in [0.15, 0.2) is 46.0 Å². The van der Waals surface area contributed by atoms with Crippen LogP contribution in [0.3, 0.4) is 0 Å². The Balaban J connectivity index is 2.28. The molecule has 0 spiro atoms. The predicted octanol–water partition coefficient (Wildman–Crippen LogP) is 1.17. The molecule has 0 aliphatic rings. The number of sulfonamides is 1. The van der Waals surface area contributed by atoms with Gasteiger partial charge in [-0.3, -0.25) is 4.72 Å². The molecule has 8 heteroatoms. The summed E-state index contributed by atoms with van der Waals surface area (Å²) in [7, 11) is -3.97. The summed E-state index contributed by atoms with van der Waals surface area (Å²) in [5.41, 5.74) is 0. The van der Waals surface area contributed by atoms with Gasteiger partial charge in [0, 0.05) is 6.20 Å². The van der Waals surface area contributed by atoms with Gasteiger partial charge in [-0.2, -0.15) is 8.42 Å². The second kappa shape index (κ2) is 4.49. The molecule has 94 valence electrons. The maximum Gasteiger partial charge on any atom is 0.371 e. The van der Waals surface area contributed by atoms with Crippen molar-refractivity contribution in [1.82, 2.24) is 4.98 Å². The number of pyridine rings is 1. The summed E-state index contributed by atoms with van der Waals surface area (Å²) in [5.74, 6) is -1.67. The van der Waals surface area contributed by atoms with E-state index in [0.29, 0.717) is 0 Å². The predicted molar refractivity (Wildman–Crippen MR) is 60.7 cm³/mol.